The van der Waals surface area contributed by atoms with Crippen molar-refractivity contribution in [1.29, 1.82) is 0 Å². The number of carboxylic acids is 2. The molecule has 4 nitrogen and oxygen atoms in total. The van der Waals surface area contributed by atoms with E-state index in [0.29, 0.717) is 0 Å². The molecule has 11 heavy (non-hydrogen) atoms. The van der Waals surface area contributed by atoms with Crippen molar-refractivity contribution in [2.75, 3.05) is 0 Å². The van der Waals surface area contributed by atoms with Crippen LogP contribution >= 0.6 is 11.3 Å². The molecule has 0 radical (unpaired) electrons. The molecule has 0 saturated carbocycles. The lowest BCUT2D eigenvalue weighted by molar-refractivity contribution is 0.0696. The first-order chi connectivity index (χ1) is 5.11. The van der Waals surface area contributed by atoms with Crippen molar-refractivity contribution in [1.82, 2.24) is 0 Å². The Morgan fingerprint density at radius 1 is 1.27 bits per heavy atom. The Kier molecular flexibility index (Phi) is 1.91. The van der Waals surface area contributed by atoms with E-state index in [-0.39, 0.29) is 10.4 Å². The lowest BCUT2D eigenvalue weighted by Gasteiger charge is -1.82. The Morgan fingerprint density at radius 3 is 2.18 bits per heavy atom. The molecular formula is C6H4O4S. The van der Waals surface area contributed by atoms with Crippen LogP contribution in [-0.4, -0.2) is 22.2 Å². The predicted molar refractivity (Wildman–Crippen MR) is 38.2 cm³/mol. The summed E-state index contributed by atoms with van der Waals surface area (Å²) in [7, 11) is 0. The molecule has 2 N–H and O–H groups in total. The van der Waals surface area contributed by atoms with Crippen LogP contribution in [0.3, 0.4) is 0 Å². The first-order valence-corrected chi connectivity index (χ1v) is 3.54. The topological polar surface area (TPSA) is 74.6 Å². The van der Waals surface area contributed by atoms with Crippen LogP contribution in [0.25, 0.3) is 0 Å². The van der Waals surface area contributed by atoms with Crippen molar-refractivity contribution in [3.8, 4) is 0 Å². The molecule has 0 bridgehead atoms. The lowest BCUT2D eigenvalue weighted by Crippen LogP contribution is -1.94. The van der Waals surface area contributed by atoms with Crippen LogP contribution in [0, 0.1) is 0 Å². The van der Waals surface area contributed by atoms with Crippen LogP contribution in [0.4, 0.5) is 0 Å². The number of rotatable bonds is 2. The monoisotopic (exact) mass is 172 g/mol. The van der Waals surface area contributed by atoms with E-state index in [1.165, 1.54) is 5.38 Å². The molecule has 0 unspecified atom stereocenters. The fraction of sp³-hybridized carbons (Fsp3) is 0. The number of carboxylic acid groups (broad SMARTS) is 2. The average Bonchev–Trinajstić information content (AvgIpc) is 2.33. The molecule has 1 rings (SSSR count). The highest BCUT2D eigenvalue weighted by atomic mass is 32.1. The van der Waals surface area contributed by atoms with Gasteiger partial charge in [0.15, 0.2) is 0 Å². The molecule has 5 heteroatoms. The van der Waals surface area contributed by atoms with Crippen LogP contribution in [-0.2, 0) is 0 Å². The van der Waals surface area contributed by atoms with Crippen LogP contribution < -0.4 is 0 Å². The molecular weight excluding hydrogens is 168 g/mol. The van der Waals surface area contributed by atoms with Gasteiger partial charge in [-0.3, -0.25) is 0 Å². The van der Waals surface area contributed by atoms with Gasteiger partial charge in [-0.25, -0.2) is 9.59 Å². The summed E-state index contributed by atoms with van der Waals surface area (Å²) in [6, 6.07) is 1.13. The first-order valence-electron chi connectivity index (χ1n) is 2.66. The van der Waals surface area contributed by atoms with Gasteiger partial charge in [0.25, 0.3) is 0 Å². The summed E-state index contributed by atoms with van der Waals surface area (Å²) < 4.78 is 0. The third-order valence-electron chi connectivity index (χ3n) is 1.06. The van der Waals surface area contributed by atoms with E-state index >= 15 is 0 Å². The van der Waals surface area contributed by atoms with Crippen molar-refractivity contribution in [2.24, 2.45) is 0 Å². The number of thiophene rings is 1. The normalized spacial score (nSPS) is 9.45. The third kappa shape index (κ3) is 1.56. The summed E-state index contributed by atoms with van der Waals surface area (Å²) in [6.45, 7) is 0. The van der Waals surface area contributed by atoms with E-state index in [1.807, 2.05) is 0 Å². The highest BCUT2D eigenvalue weighted by molar-refractivity contribution is 7.12. The van der Waals surface area contributed by atoms with Gasteiger partial charge < -0.3 is 10.2 Å². The molecule has 0 aliphatic rings. The maximum absolute atomic E-state index is 10.3. The summed E-state index contributed by atoms with van der Waals surface area (Å²) in [5, 5.41) is 18.1. The molecule has 1 heterocycles. The summed E-state index contributed by atoms with van der Waals surface area (Å²) in [5.74, 6) is -2.20. The molecule has 0 fully saturated rings. The van der Waals surface area contributed by atoms with Gasteiger partial charge in [-0.1, -0.05) is 0 Å². The van der Waals surface area contributed by atoms with Crippen molar-refractivity contribution in [3.63, 3.8) is 0 Å². The number of hydrogen-bond acceptors (Lipinski definition) is 3. The van der Waals surface area contributed by atoms with Crippen LogP contribution in [0.1, 0.15) is 20.0 Å². The second-order valence-corrected chi connectivity index (χ2v) is 2.72. The van der Waals surface area contributed by atoms with E-state index in [4.69, 9.17) is 10.2 Å². The maximum atomic E-state index is 10.3. The van der Waals surface area contributed by atoms with Gasteiger partial charge in [-0.2, -0.15) is 0 Å². The van der Waals surface area contributed by atoms with Gasteiger partial charge in [-0.15, -0.1) is 11.3 Å². The van der Waals surface area contributed by atoms with E-state index in [2.05, 4.69) is 0 Å². The molecule has 0 amide bonds. The van der Waals surface area contributed by atoms with E-state index in [0.717, 1.165) is 17.4 Å². The minimum Gasteiger partial charge on any atom is -0.478 e. The SMILES string of the molecule is O=C(O)c1csc(C(=O)O)c1. The molecule has 58 valence electrons. The second-order valence-electron chi connectivity index (χ2n) is 1.81. The van der Waals surface area contributed by atoms with Gasteiger partial charge in [-0.05, 0) is 6.07 Å². The number of carbonyl (C=O) groups is 2. The lowest BCUT2D eigenvalue weighted by atomic mass is 10.3. The summed E-state index contributed by atoms with van der Waals surface area (Å²) in [6.07, 6.45) is 0. The number of aromatic carboxylic acids is 2. The Labute approximate surface area is 65.7 Å². The van der Waals surface area contributed by atoms with Gasteiger partial charge in [0.1, 0.15) is 4.88 Å². The summed E-state index contributed by atoms with van der Waals surface area (Å²) in [4.78, 5) is 20.5. The van der Waals surface area contributed by atoms with E-state index in [1.54, 1.807) is 0 Å². The molecule has 0 aromatic carbocycles. The maximum Gasteiger partial charge on any atom is 0.345 e. The number of hydrogen-bond donors (Lipinski definition) is 2. The minimum absolute atomic E-state index is 0.0207. The molecule has 0 spiro atoms. The van der Waals surface area contributed by atoms with Gasteiger partial charge in [0, 0.05) is 5.38 Å². The van der Waals surface area contributed by atoms with E-state index in [9.17, 15) is 9.59 Å². The van der Waals surface area contributed by atoms with Crippen LogP contribution in [0.5, 0.6) is 0 Å². The smallest absolute Gasteiger partial charge is 0.345 e. The van der Waals surface area contributed by atoms with Crippen LogP contribution in [0.15, 0.2) is 11.4 Å². The van der Waals surface area contributed by atoms with Crippen molar-refractivity contribution in [3.05, 3.63) is 21.9 Å². The zero-order valence-electron chi connectivity index (χ0n) is 5.27. The second kappa shape index (κ2) is 2.71. The zero-order valence-corrected chi connectivity index (χ0v) is 6.09. The molecule has 1 aromatic rings. The highest BCUT2D eigenvalue weighted by Gasteiger charge is 2.10. The molecule has 1 aromatic heterocycles. The van der Waals surface area contributed by atoms with Gasteiger partial charge in [0.2, 0.25) is 0 Å². The van der Waals surface area contributed by atoms with Gasteiger partial charge in [0.05, 0.1) is 5.56 Å². The Bertz CT molecular complexity index is 273. The average molecular weight is 172 g/mol. The zero-order chi connectivity index (χ0) is 8.43. The Morgan fingerprint density at radius 2 is 1.91 bits per heavy atom. The Hall–Kier alpha value is -1.36. The molecule has 0 aliphatic heterocycles. The quantitative estimate of drug-likeness (QED) is 0.701. The largest absolute Gasteiger partial charge is 0.478 e. The van der Waals surface area contributed by atoms with Crippen LogP contribution in [0.2, 0.25) is 0 Å². The third-order valence-corrected chi connectivity index (χ3v) is 1.98. The Balaban J connectivity index is 2.99. The van der Waals surface area contributed by atoms with Crippen molar-refractivity contribution in [2.45, 2.75) is 0 Å². The highest BCUT2D eigenvalue weighted by Crippen LogP contribution is 2.13. The molecule has 0 atom stereocenters. The molecule has 0 aliphatic carbocycles. The first kappa shape index (κ1) is 7.74. The summed E-state index contributed by atoms with van der Waals surface area (Å²) >= 11 is 0.906. The fourth-order valence-corrected chi connectivity index (χ4v) is 1.28. The van der Waals surface area contributed by atoms with Gasteiger partial charge >= 0.3 is 11.9 Å². The predicted octanol–water partition coefficient (Wildman–Crippen LogP) is 1.14. The molecule has 0 saturated heterocycles. The van der Waals surface area contributed by atoms with E-state index < -0.39 is 11.9 Å². The minimum atomic E-state index is -1.10. The van der Waals surface area contributed by atoms with Crippen molar-refractivity contribution < 1.29 is 19.8 Å². The fourth-order valence-electron chi connectivity index (χ4n) is 0.561. The summed E-state index contributed by atoms with van der Waals surface area (Å²) in [5.41, 5.74) is 0.0207. The standard InChI is InChI=1S/C6H4O4S/c7-5(8)3-1-4(6(9)10)11-2-3/h1-2H,(H,7,8)(H,9,10). The van der Waals surface area contributed by atoms with Crippen molar-refractivity contribution >= 4 is 23.3 Å².